The van der Waals surface area contributed by atoms with E-state index in [1.807, 2.05) is 24.3 Å². The Kier molecular flexibility index (Phi) is 6.52. The van der Waals surface area contributed by atoms with Crippen LogP contribution < -0.4 is 4.74 Å². The van der Waals surface area contributed by atoms with Gasteiger partial charge in [0.15, 0.2) is 0 Å². The molecule has 0 N–H and O–H groups in total. The number of likely N-dealkylation sites (N-methyl/N-ethyl adjacent to an activating group) is 1. The highest BCUT2D eigenvalue weighted by molar-refractivity contribution is 5.28. The van der Waals surface area contributed by atoms with E-state index in [1.165, 1.54) is 32.5 Å². The van der Waals surface area contributed by atoms with Crippen LogP contribution in [0.5, 0.6) is 5.75 Å². The second-order valence-electron chi connectivity index (χ2n) is 5.68. The molecule has 1 saturated heterocycles. The molecule has 1 aliphatic heterocycles. The van der Waals surface area contributed by atoms with Crippen LogP contribution in [0.4, 0.5) is 0 Å². The van der Waals surface area contributed by atoms with Gasteiger partial charge in [-0.3, -0.25) is 0 Å². The van der Waals surface area contributed by atoms with Gasteiger partial charge in [0, 0.05) is 19.6 Å². The molecule has 0 radical (unpaired) electrons. The SMILES string of the molecule is CN(CCOc1ccc(CC#N)cc1)CCN1CCCC1. The summed E-state index contributed by atoms with van der Waals surface area (Å²) in [4.78, 5) is 4.85. The molecule has 0 bridgehead atoms. The Hall–Kier alpha value is -1.57. The van der Waals surface area contributed by atoms with Gasteiger partial charge in [0.25, 0.3) is 0 Å². The van der Waals surface area contributed by atoms with Crippen molar-refractivity contribution in [3.05, 3.63) is 29.8 Å². The van der Waals surface area contributed by atoms with Crippen molar-refractivity contribution in [3.63, 3.8) is 0 Å². The van der Waals surface area contributed by atoms with E-state index in [9.17, 15) is 0 Å². The minimum Gasteiger partial charge on any atom is -0.492 e. The largest absolute Gasteiger partial charge is 0.492 e. The Balaban J connectivity index is 1.60. The molecule has 1 aliphatic rings. The van der Waals surface area contributed by atoms with Crippen LogP contribution in [0.2, 0.25) is 0 Å². The zero-order valence-electron chi connectivity index (χ0n) is 12.9. The van der Waals surface area contributed by atoms with Crippen molar-refractivity contribution < 1.29 is 4.74 Å². The minimum atomic E-state index is 0.458. The molecule has 1 aromatic rings. The third-order valence-corrected chi connectivity index (χ3v) is 3.94. The molecule has 0 saturated carbocycles. The van der Waals surface area contributed by atoms with Gasteiger partial charge in [-0.2, -0.15) is 5.26 Å². The molecule has 21 heavy (non-hydrogen) atoms. The summed E-state index contributed by atoms with van der Waals surface area (Å²) < 4.78 is 5.74. The molecule has 0 aromatic heterocycles. The van der Waals surface area contributed by atoms with Crippen LogP contribution in [0.1, 0.15) is 18.4 Å². The summed E-state index contributed by atoms with van der Waals surface area (Å²) in [5.74, 6) is 0.879. The fraction of sp³-hybridized carbons (Fsp3) is 0.588. The number of likely N-dealkylation sites (tertiary alicyclic amines) is 1. The Morgan fingerprint density at radius 1 is 1.19 bits per heavy atom. The first-order chi connectivity index (χ1) is 10.3. The van der Waals surface area contributed by atoms with Crippen molar-refractivity contribution in [2.24, 2.45) is 0 Å². The number of hydrogen-bond donors (Lipinski definition) is 0. The maximum absolute atomic E-state index is 8.63. The van der Waals surface area contributed by atoms with E-state index in [-0.39, 0.29) is 0 Å². The van der Waals surface area contributed by atoms with E-state index in [1.54, 1.807) is 0 Å². The molecule has 1 fully saturated rings. The number of hydrogen-bond acceptors (Lipinski definition) is 4. The molecule has 1 aromatic carbocycles. The van der Waals surface area contributed by atoms with Crippen molar-refractivity contribution in [1.29, 1.82) is 5.26 Å². The predicted molar refractivity (Wildman–Crippen MR) is 84.4 cm³/mol. The summed E-state index contributed by atoms with van der Waals surface area (Å²) in [6, 6.07) is 9.94. The van der Waals surface area contributed by atoms with E-state index < -0.39 is 0 Å². The van der Waals surface area contributed by atoms with Crippen molar-refractivity contribution in [3.8, 4) is 11.8 Å². The second kappa shape index (κ2) is 8.66. The van der Waals surface area contributed by atoms with Crippen LogP contribution in [0.3, 0.4) is 0 Å². The molecule has 4 nitrogen and oxygen atoms in total. The number of ether oxygens (including phenoxy) is 1. The molecule has 2 rings (SSSR count). The average molecular weight is 287 g/mol. The van der Waals surface area contributed by atoms with Crippen LogP contribution in [0, 0.1) is 11.3 Å². The summed E-state index contributed by atoms with van der Waals surface area (Å²) in [6.07, 6.45) is 3.17. The monoisotopic (exact) mass is 287 g/mol. The summed E-state index contributed by atoms with van der Waals surface area (Å²) in [5.41, 5.74) is 1.03. The van der Waals surface area contributed by atoms with Crippen molar-refractivity contribution >= 4 is 0 Å². The lowest BCUT2D eigenvalue weighted by Crippen LogP contribution is -2.33. The first-order valence-corrected chi connectivity index (χ1v) is 7.77. The fourth-order valence-electron chi connectivity index (χ4n) is 2.54. The molecular weight excluding hydrogens is 262 g/mol. The van der Waals surface area contributed by atoms with Crippen molar-refractivity contribution in [1.82, 2.24) is 9.80 Å². The Bertz CT molecular complexity index is 446. The van der Waals surface area contributed by atoms with Crippen LogP contribution in [0.15, 0.2) is 24.3 Å². The Morgan fingerprint density at radius 2 is 1.90 bits per heavy atom. The summed E-state index contributed by atoms with van der Waals surface area (Å²) >= 11 is 0. The van der Waals surface area contributed by atoms with E-state index in [4.69, 9.17) is 10.00 Å². The topological polar surface area (TPSA) is 39.5 Å². The van der Waals surface area contributed by atoms with Crippen LogP contribution >= 0.6 is 0 Å². The lowest BCUT2D eigenvalue weighted by molar-refractivity contribution is 0.213. The number of benzene rings is 1. The highest BCUT2D eigenvalue weighted by Gasteiger charge is 2.11. The normalized spacial score (nSPS) is 15.3. The minimum absolute atomic E-state index is 0.458. The first-order valence-electron chi connectivity index (χ1n) is 7.77. The molecule has 0 atom stereocenters. The number of rotatable bonds is 8. The molecule has 1 heterocycles. The van der Waals surface area contributed by atoms with Crippen molar-refractivity contribution in [2.75, 3.05) is 46.4 Å². The maximum atomic E-state index is 8.63. The summed E-state index contributed by atoms with van der Waals surface area (Å²) in [5, 5.41) is 8.63. The third-order valence-electron chi connectivity index (χ3n) is 3.94. The smallest absolute Gasteiger partial charge is 0.119 e. The lowest BCUT2D eigenvalue weighted by atomic mass is 10.2. The van der Waals surface area contributed by atoms with Gasteiger partial charge in [0.1, 0.15) is 12.4 Å². The van der Waals surface area contributed by atoms with Gasteiger partial charge in [-0.05, 0) is 50.7 Å². The van der Waals surface area contributed by atoms with Crippen LogP contribution in [0.25, 0.3) is 0 Å². The highest BCUT2D eigenvalue weighted by Crippen LogP contribution is 2.12. The van der Waals surface area contributed by atoms with Crippen LogP contribution in [-0.2, 0) is 6.42 Å². The number of nitriles is 1. The van der Waals surface area contributed by atoms with Gasteiger partial charge in [-0.15, -0.1) is 0 Å². The summed E-state index contributed by atoms with van der Waals surface area (Å²) in [6.45, 7) is 6.43. The second-order valence-corrected chi connectivity index (χ2v) is 5.68. The first kappa shape index (κ1) is 15.8. The van der Waals surface area contributed by atoms with E-state index in [0.717, 1.165) is 24.4 Å². The zero-order chi connectivity index (χ0) is 14.9. The molecule has 0 unspecified atom stereocenters. The molecule has 0 spiro atoms. The maximum Gasteiger partial charge on any atom is 0.119 e. The molecule has 114 valence electrons. The Morgan fingerprint density at radius 3 is 2.57 bits per heavy atom. The third kappa shape index (κ3) is 5.74. The van der Waals surface area contributed by atoms with E-state index in [2.05, 4.69) is 22.9 Å². The Labute approximate surface area is 127 Å². The van der Waals surface area contributed by atoms with Gasteiger partial charge in [-0.1, -0.05) is 12.1 Å². The highest BCUT2D eigenvalue weighted by atomic mass is 16.5. The van der Waals surface area contributed by atoms with Gasteiger partial charge >= 0.3 is 0 Å². The quantitative estimate of drug-likeness (QED) is 0.734. The van der Waals surface area contributed by atoms with Crippen LogP contribution in [-0.4, -0.2) is 56.2 Å². The molecule has 4 heteroatoms. The standard InChI is InChI=1S/C17H25N3O/c1-19(12-13-20-10-2-3-11-20)14-15-21-17-6-4-16(5-7-17)8-9-18/h4-7H,2-3,8,10-15H2,1H3. The fourth-order valence-corrected chi connectivity index (χ4v) is 2.54. The zero-order valence-corrected chi connectivity index (χ0v) is 12.9. The predicted octanol–water partition coefficient (Wildman–Crippen LogP) is 2.16. The molecule has 0 aliphatic carbocycles. The number of nitrogens with zero attached hydrogens (tertiary/aromatic N) is 3. The van der Waals surface area contributed by atoms with E-state index in [0.29, 0.717) is 13.0 Å². The molecule has 0 amide bonds. The van der Waals surface area contributed by atoms with Gasteiger partial charge < -0.3 is 14.5 Å². The summed E-state index contributed by atoms with van der Waals surface area (Å²) in [7, 11) is 2.15. The molecular formula is C17H25N3O. The van der Waals surface area contributed by atoms with Crippen molar-refractivity contribution in [2.45, 2.75) is 19.3 Å². The van der Waals surface area contributed by atoms with E-state index >= 15 is 0 Å². The van der Waals surface area contributed by atoms with Gasteiger partial charge in [0.05, 0.1) is 12.5 Å². The van der Waals surface area contributed by atoms with Gasteiger partial charge in [-0.25, -0.2) is 0 Å². The lowest BCUT2D eigenvalue weighted by Gasteiger charge is -2.21. The average Bonchev–Trinajstić information content (AvgIpc) is 3.01. The van der Waals surface area contributed by atoms with Gasteiger partial charge in [0.2, 0.25) is 0 Å².